The number of thiophene rings is 1. The van der Waals surface area contributed by atoms with Crippen LogP contribution in [0.3, 0.4) is 0 Å². The van der Waals surface area contributed by atoms with Crippen LogP contribution in [0.4, 0.5) is 0 Å². The van der Waals surface area contributed by atoms with Crippen LogP contribution in [0.1, 0.15) is 55.2 Å². The van der Waals surface area contributed by atoms with E-state index in [9.17, 15) is 4.79 Å². The molecule has 0 saturated carbocycles. The molecule has 1 aromatic carbocycles. The number of fused-ring (bicyclic) bond motifs is 1. The van der Waals surface area contributed by atoms with Crippen molar-refractivity contribution in [2.24, 2.45) is 0 Å². The monoisotopic (exact) mass is 396 g/mol. The van der Waals surface area contributed by atoms with Crippen LogP contribution in [-0.2, 0) is 16.7 Å². The molecule has 4 nitrogen and oxygen atoms in total. The van der Waals surface area contributed by atoms with E-state index in [2.05, 4.69) is 66.4 Å². The van der Waals surface area contributed by atoms with E-state index >= 15 is 0 Å². The molecule has 3 heterocycles. The van der Waals surface area contributed by atoms with Crippen molar-refractivity contribution in [3.8, 4) is 0 Å². The zero-order chi connectivity index (χ0) is 19.7. The molecule has 1 aliphatic heterocycles. The zero-order valence-electron chi connectivity index (χ0n) is 16.8. The Bertz CT molecular complexity index is 957. The maximum atomic E-state index is 12.9. The van der Waals surface area contributed by atoms with Gasteiger partial charge in [0.15, 0.2) is 0 Å². The van der Waals surface area contributed by atoms with Crippen LogP contribution in [-0.4, -0.2) is 29.7 Å². The summed E-state index contributed by atoms with van der Waals surface area (Å²) in [6.45, 7) is 8.74. The van der Waals surface area contributed by atoms with E-state index in [0.29, 0.717) is 13.1 Å². The number of hydrogen-bond acceptors (Lipinski definition) is 3. The molecular weight excluding hydrogens is 368 g/mol. The lowest BCUT2D eigenvalue weighted by Gasteiger charge is -2.19. The van der Waals surface area contributed by atoms with Crippen molar-refractivity contribution in [1.82, 2.24) is 9.88 Å². The summed E-state index contributed by atoms with van der Waals surface area (Å²) in [5.74, 6) is -0.0230. The lowest BCUT2D eigenvalue weighted by Crippen LogP contribution is -2.33. The predicted molar refractivity (Wildman–Crippen MR) is 115 cm³/mol. The quantitative estimate of drug-likeness (QED) is 0.662. The van der Waals surface area contributed by atoms with E-state index in [1.807, 2.05) is 6.07 Å². The van der Waals surface area contributed by atoms with Crippen LogP contribution in [0.5, 0.6) is 0 Å². The fourth-order valence-corrected chi connectivity index (χ4v) is 4.55. The van der Waals surface area contributed by atoms with E-state index in [-0.39, 0.29) is 17.4 Å². The minimum absolute atomic E-state index is 0.0230. The molecule has 5 heteroatoms. The minimum Gasteiger partial charge on any atom is -0.376 e. The molecule has 0 radical (unpaired) electrons. The second-order valence-corrected chi connectivity index (χ2v) is 9.53. The number of hydrogen-bond donors (Lipinski definition) is 1. The van der Waals surface area contributed by atoms with E-state index in [1.165, 1.54) is 11.1 Å². The number of carbonyl (C=O) groups excluding carboxylic acids is 1. The van der Waals surface area contributed by atoms with Crippen molar-refractivity contribution in [3.63, 3.8) is 0 Å². The van der Waals surface area contributed by atoms with Gasteiger partial charge in [-0.2, -0.15) is 0 Å². The van der Waals surface area contributed by atoms with E-state index in [0.717, 1.165) is 35.4 Å². The average molecular weight is 397 g/mol. The molecule has 4 rings (SSSR count). The number of aromatic nitrogens is 1. The third-order valence-corrected chi connectivity index (χ3v) is 6.28. The van der Waals surface area contributed by atoms with Crippen LogP contribution in [0, 0.1) is 0 Å². The second-order valence-electron chi connectivity index (χ2n) is 8.58. The summed E-state index contributed by atoms with van der Waals surface area (Å²) in [5.41, 5.74) is 4.50. The van der Waals surface area contributed by atoms with Gasteiger partial charge in [-0.05, 0) is 46.9 Å². The van der Waals surface area contributed by atoms with E-state index in [1.54, 1.807) is 11.3 Å². The topological polar surface area (TPSA) is 43.3 Å². The first kappa shape index (κ1) is 19.2. The number of rotatable bonds is 5. The summed E-state index contributed by atoms with van der Waals surface area (Å²) in [6.07, 6.45) is 2.26. The number of benzene rings is 1. The SMILES string of the molecule is CC(C)(C)c1ccc(Cn2c(C(=O)NCC3CCCO3)cc3sccc32)cc1. The minimum atomic E-state index is -0.0230. The first-order valence-electron chi connectivity index (χ1n) is 9.98. The molecule has 0 aliphatic carbocycles. The summed E-state index contributed by atoms with van der Waals surface area (Å²) in [6, 6.07) is 12.8. The second kappa shape index (κ2) is 7.72. The summed E-state index contributed by atoms with van der Waals surface area (Å²) in [5, 5.41) is 5.15. The zero-order valence-corrected chi connectivity index (χ0v) is 17.6. The maximum Gasteiger partial charge on any atom is 0.268 e. The van der Waals surface area contributed by atoms with E-state index < -0.39 is 0 Å². The summed E-state index contributed by atoms with van der Waals surface area (Å²) in [7, 11) is 0. The molecule has 3 aromatic rings. The highest BCUT2D eigenvalue weighted by atomic mass is 32.1. The smallest absolute Gasteiger partial charge is 0.268 e. The van der Waals surface area contributed by atoms with Crippen LogP contribution in [0.15, 0.2) is 41.8 Å². The van der Waals surface area contributed by atoms with Gasteiger partial charge in [0.1, 0.15) is 5.69 Å². The van der Waals surface area contributed by atoms with Gasteiger partial charge in [-0.15, -0.1) is 11.3 Å². The molecule has 2 aromatic heterocycles. The van der Waals surface area contributed by atoms with Gasteiger partial charge < -0.3 is 14.6 Å². The molecule has 1 saturated heterocycles. The number of amides is 1. The molecule has 148 valence electrons. The van der Waals surface area contributed by atoms with Crippen molar-refractivity contribution in [2.75, 3.05) is 13.2 Å². The molecule has 1 unspecified atom stereocenters. The summed E-state index contributed by atoms with van der Waals surface area (Å²) >= 11 is 1.67. The average Bonchev–Trinajstić information content (AvgIpc) is 3.38. The molecule has 1 aliphatic rings. The molecule has 28 heavy (non-hydrogen) atoms. The Hall–Kier alpha value is -2.11. The van der Waals surface area contributed by atoms with Crippen LogP contribution < -0.4 is 5.32 Å². The van der Waals surface area contributed by atoms with Gasteiger partial charge in [0.2, 0.25) is 0 Å². The van der Waals surface area contributed by atoms with Crippen LogP contribution in [0.2, 0.25) is 0 Å². The van der Waals surface area contributed by atoms with Crippen molar-refractivity contribution < 1.29 is 9.53 Å². The molecule has 0 spiro atoms. The molecule has 0 bridgehead atoms. The van der Waals surface area contributed by atoms with Crippen molar-refractivity contribution in [1.29, 1.82) is 0 Å². The van der Waals surface area contributed by atoms with Crippen LogP contribution >= 0.6 is 11.3 Å². The Kier molecular flexibility index (Phi) is 5.30. The van der Waals surface area contributed by atoms with Gasteiger partial charge in [-0.3, -0.25) is 4.79 Å². The van der Waals surface area contributed by atoms with Crippen LogP contribution in [0.25, 0.3) is 10.2 Å². The molecular formula is C23H28N2O2S. The fraction of sp³-hybridized carbons (Fsp3) is 0.435. The highest BCUT2D eigenvalue weighted by Gasteiger charge is 2.20. The number of nitrogens with one attached hydrogen (secondary N) is 1. The van der Waals surface area contributed by atoms with Crippen molar-refractivity contribution >= 4 is 27.5 Å². The Morgan fingerprint density at radius 2 is 2.04 bits per heavy atom. The highest BCUT2D eigenvalue weighted by molar-refractivity contribution is 7.17. The largest absolute Gasteiger partial charge is 0.376 e. The maximum absolute atomic E-state index is 12.9. The highest BCUT2D eigenvalue weighted by Crippen LogP contribution is 2.27. The predicted octanol–water partition coefficient (Wildman–Crippen LogP) is 4.96. The molecule has 1 N–H and O–H groups in total. The number of nitrogens with zero attached hydrogens (tertiary/aromatic N) is 1. The Balaban J connectivity index is 1.56. The van der Waals surface area contributed by atoms with Gasteiger partial charge in [0.25, 0.3) is 5.91 Å². The molecule has 1 fully saturated rings. The summed E-state index contributed by atoms with van der Waals surface area (Å²) < 4.78 is 8.90. The standard InChI is InChI=1S/C23H28N2O2S/c1-23(2,3)17-8-6-16(7-9-17)15-25-19-10-12-28-21(19)13-20(25)22(26)24-14-18-5-4-11-27-18/h6-10,12-13,18H,4-5,11,14-15H2,1-3H3,(H,24,26). The van der Waals surface area contributed by atoms with Gasteiger partial charge in [0.05, 0.1) is 16.3 Å². The number of ether oxygens (including phenoxy) is 1. The summed E-state index contributed by atoms with van der Waals surface area (Å²) in [4.78, 5) is 12.9. The lowest BCUT2D eigenvalue weighted by atomic mass is 9.87. The lowest BCUT2D eigenvalue weighted by molar-refractivity contribution is 0.0851. The van der Waals surface area contributed by atoms with Crippen molar-refractivity contribution in [2.45, 2.75) is 51.7 Å². The van der Waals surface area contributed by atoms with E-state index in [4.69, 9.17) is 4.74 Å². The Morgan fingerprint density at radius 3 is 2.71 bits per heavy atom. The third kappa shape index (κ3) is 4.01. The molecule has 1 atom stereocenters. The number of carbonyl (C=O) groups is 1. The first-order valence-corrected chi connectivity index (χ1v) is 10.9. The Labute approximate surface area is 170 Å². The van der Waals surface area contributed by atoms with Gasteiger partial charge >= 0.3 is 0 Å². The molecule has 1 amide bonds. The van der Waals surface area contributed by atoms with Gasteiger partial charge in [-0.25, -0.2) is 0 Å². The fourth-order valence-electron chi connectivity index (χ4n) is 3.73. The third-order valence-electron chi connectivity index (χ3n) is 5.43. The first-order chi connectivity index (χ1) is 13.4. The Morgan fingerprint density at radius 1 is 1.25 bits per heavy atom. The normalized spacial score (nSPS) is 17.3. The van der Waals surface area contributed by atoms with Gasteiger partial charge in [-0.1, -0.05) is 45.0 Å². The van der Waals surface area contributed by atoms with Crippen molar-refractivity contribution in [3.05, 3.63) is 58.6 Å². The van der Waals surface area contributed by atoms with Gasteiger partial charge in [0, 0.05) is 19.7 Å².